The molecular formula is C19H20N2O4. The standard InChI is InChI=1S/C19H20N2O4/c1-12-3-5-15(7-13(12)2)21-19(23)9-18(22)20-10-14-4-6-16-17(8-14)25-11-24-16/h3-8H,9-11H2,1-2H3,(H,20,22)(H,21,23). The van der Waals surface area contributed by atoms with Gasteiger partial charge in [-0.25, -0.2) is 0 Å². The second-order valence-electron chi connectivity index (χ2n) is 5.99. The van der Waals surface area contributed by atoms with Crippen LogP contribution in [0.2, 0.25) is 0 Å². The highest BCUT2D eigenvalue weighted by Gasteiger charge is 2.14. The molecule has 0 radical (unpaired) electrons. The fourth-order valence-electron chi connectivity index (χ4n) is 2.48. The van der Waals surface area contributed by atoms with Crippen LogP contribution in [0.15, 0.2) is 36.4 Å². The minimum Gasteiger partial charge on any atom is -0.454 e. The van der Waals surface area contributed by atoms with E-state index in [9.17, 15) is 9.59 Å². The fourth-order valence-corrected chi connectivity index (χ4v) is 2.48. The Labute approximate surface area is 146 Å². The Bertz CT molecular complexity index is 817. The van der Waals surface area contributed by atoms with Gasteiger partial charge in [0.15, 0.2) is 11.5 Å². The van der Waals surface area contributed by atoms with E-state index in [4.69, 9.17) is 9.47 Å². The second-order valence-corrected chi connectivity index (χ2v) is 5.99. The van der Waals surface area contributed by atoms with Gasteiger partial charge in [0, 0.05) is 12.2 Å². The van der Waals surface area contributed by atoms with Crippen LogP contribution in [0.25, 0.3) is 0 Å². The van der Waals surface area contributed by atoms with E-state index in [-0.39, 0.29) is 25.0 Å². The number of carbonyl (C=O) groups excluding carboxylic acids is 2. The van der Waals surface area contributed by atoms with E-state index in [0.717, 1.165) is 16.7 Å². The highest BCUT2D eigenvalue weighted by Crippen LogP contribution is 2.32. The zero-order valence-electron chi connectivity index (χ0n) is 14.2. The van der Waals surface area contributed by atoms with Crippen LogP contribution in [0.5, 0.6) is 11.5 Å². The van der Waals surface area contributed by atoms with Gasteiger partial charge in [-0.3, -0.25) is 9.59 Å². The first-order valence-electron chi connectivity index (χ1n) is 8.03. The van der Waals surface area contributed by atoms with Gasteiger partial charge in [-0.1, -0.05) is 12.1 Å². The van der Waals surface area contributed by atoms with Gasteiger partial charge in [-0.15, -0.1) is 0 Å². The first kappa shape index (κ1) is 16.8. The van der Waals surface area contributed by atoms with Gasteiger partial charge in [-0.2, -0.15) is 0 Å². The largest absolute Gasteiger partial charge is 0.454 e. The van der Waals surface area contributed by atoms with Crippen LogP contribution in [-0.4, -0.2) is 18.6 Å². The van der Waals surface area contributed by atoms with E-state index in [2.05, 4.69) is 10.6 Å². The number of fused-ring (bicyclic) bond motifs is 1. The molecule has 1 heterocycles. The van der Waals surface area contributed by atoms with E-state index in [1.54, 1.807) is 6.07 Å². The zero-order valence-corrected chi connectivity index (χ0v) is 14.2. The van der Waals surface area contributed by atoms with Crippen LogP contribution >= 0.6 is 0 Å². The minimum atomic E-state index is -0.341. The van der Waals surface area contributed by atoms with Gasteiger partial charge >= 0.3 is 0 Å². The van der Waals surface area contributed by atoms with Crippen molar-refractivity contribution in [3.05, 3.63) is 53.1 Å². The van der Waals surface area contributed by atoms with Crippen molar-refractivity contribution in [1.29, 1.82) is 0 Å². The molecule has 0 unspecified atom stereocenters. The average molecular weight is 340 g/mol. The number of benzene rings is 2. The van der Waals surface area contributed by atoms with Crippen LogP contribution in [0.4, 0.5) is 5.69 Å². The van der Waals surface area contributed by atoms with Gasteiger partial charge in [0.05, 0.1) is 0 Å². The van der Waals surface area contributed by atoms with Crippen molar-refractivity contribution in [3.63, 3.8) is 0 Å². The van der Waals surface area contributed by atoms with Gasteiger partial charge in [0.1, 0.15) is 6.42 Å². The molecule has 0 saturated heterocycles. The summed E-state index contributed by atoms with van der Waals surface area (Å²) in [5.41, 5.74) is 3.81. The van der Waals surface area contributed by atoms with Gasteiger partial charge in [-0.05, 0) is 54.8 Å². The number of rotatable bonds is 5. The van der Waals surface area contributed by atoms with Crippen molar-refractivity contribution >= 4 is 17.5 Å². The maximum Gasteiger partial charge on any atom is 0.233 e. The summed E-state index contributed by atoms with van der Waals surface area (Å²) in [4.78, 5) is 23.9. The summed E-state index contributed by atoms with van der Waals surface area (Å²) < 4.78 is 10.5. The first-order valence-corrected chi connectivity index (χ1v) is 8.03. The summed E-state index contributed by atoms with van der Waals surface area (Å²) in [5, 5.41) is 5.47. The van der Waals surface area contributed by atoms with E-state index in [0.29, 0.717) is 23.7 Å². The Morgan fingerprint density at radius 3 is 2.56 bits per heavy atom. The summed E-state index contributed by atoms with van der Waals surface area (Å²) >= 11 is 0. The quantitative estimate of drug-likeness (QED) is 0.821. The molecule has 130 valence electrons. The summed E-state index contributed by atoms with van der Waals surface area (Å²) in [6.07, 6.45) is -0.225. The van der Waals surface area contributed by atoms with Crippen LogP contribution < -0.4 is 20.1 Å². The molecule has 25 heavy (non-hydrogen) atoms. The van der Waals surface area contributed by atoms with Crippen molar-refractivity contribution in [2.24, 2.45) is 0 Å². The summed E-state index contributed by atoms with van der Waals surface area (Å²) in [7, 11) is 0. The number of carbonyl (C=O) groups is 2. The molecule has 2 aromatic rings. The highest BCUT2D eigenvalue weighted by atomic mass is 16.7. The van der Waals surface area contributed by atoms with E-state index in [1.807, 2.05) is 44.2 Å². The normalized spacial score (nSPS) is 11.9. The Morgan fingerprint density at radius 1 is 0.960 bits per heavy atom. The monoisotopic (exact) mass is 340 g/mol. The molecule has 2 aromatic carbocycles. The summed E-state index contributed by atoms with van der Waals surface area (Å²) in [6.45, 7) is 4.52. The lowest BCUT2D eigenvalue weighted by Crippen LogP contribution is -2.27. The lowest BCUT2D eigenvalue weighted by atomic mass is 10.1. The smallest absolute Gasteiger partial charge is 0.233 e. The van der Waals surface area contributed by atoms with Crippen molar-refractivity contribution < 1.29 is 19.1 Å². The summed E-state index contributed by atoms with van der Waals surface area (Å²) in [6, 6.07) is 11.1. The molecule has 0 atom stereocenters. The SMILES string of the molecule is Cc1ccc(NC(=O)CC(=O)NCc2ccc3c(c2)OCO3)cc1C. The van der Waals surface area contributed by atoms with Gasteiger partial charge in [0.25, 0.3) is 0 Å². The molecule has 0 aliphatic carbocycles. The molecule has 0 aromatic heterocycles. The van der Waals surface area contributed by atoms with Crippen molar-refractivity contribution in [2.45, 2.75) is 26.8 Å². The molecule has 6 heteroatoms. The van der Waals surface area contributed by atoms with Gasteiger partial charge in [0.2, 0.25) is 18.6 Å². The average Bonchev–Trinajstić information content (AvgIpc) is 3.04. The van der Waals surface area contributed by atoms with Crippen molar-refractivity contribution in [3.8, 4) is 11.5 Å². The number of amides is 2. The molecular weight excluding hydrogens is 320 g/mol. The van der Waals surface area contributed by atoms with Gasteiger partial charge < -0.3 is 20.1 Å². The number of ether oxygens (including phenoxy) is 2. The molecule has 0 bridgehead atoms. The number of nitrogens with one attached hydrogen (secondary N) is 2. The predicted molar refractivity (Wildman–Crippen MR) is 93.6 cm³/mol. The number of hydrogen-bond acceptors (Lipinski definition) is 4. The van der Waals surface area contributed by atoms with Crippen LogP contribution in [0.1, 0.15) is 23.1 Å². The first-order chi connectivity index (χ1) is 12.0. The molecule has 6 nitrogen and oxygen atoms in total. The topological polar surface area (TPSA) is 76.7 Å². The molecule has 0 saturated carbocycles. The zero-order chi connectivity index (χ0) is 17.8. The van der Waals surface area contributed by atoms with E-state index >= 15 is 0 Å². The Balaban J connectivity index is 1.48. The molecule has 0 spiro atoms. The molecule has 0 fully saturated rings. The third-order valence-corrected chi connectivity index (χ3v) is 4.04. The fraction of sp³-hybridized carbons (Fsp3) is 0.263. The van der Waals surface area contributed by atoms with Crippen molar-refractivity contribution in [1.82, 2.24) is 5.32 Å². The number of hydrogen-bond donors (Lipinski definition) is 2. The predicted octanol–water partition coefficient (Wildman–Crippen LogP) is 2.68. The molecule has 1 aliphatic heterocycles. The Morgan fingerprint density at radius 2 is 1.76 bits per heavy atom. The van der Waals surface area contributed by atoms with Crippen molar-refractivity contribution in [2.75, 3.05) is 12.1 Å². The lowest BCUT2D eigenvalue weighted by Gasteiger charge is -2.09. The number of anilines is 1. The Kier molecular flexibility index (Phi) is 4.88. The van der Waals surface area contributed by atoms with E-state index in [1.165, 1.54) is 0 Å². The van der Waals surface area contributed by atoms with Crippen LogP contribution in [-0.2, 0) is 16.1 Å². The second kappa shape index (κ2) is 7.25. The highest BCUT2D eigenvalue weighted by molar-refractivity contribution is 6.03. The van der Waals surface area contributed by atoms with Crippen LogP contribution in [0.3, 0.4) is 0 Å². The molecule has 3 rings (SSSR count). The molecule has 1 aliphatic rings. The summed E-state index contributed by atoms with van der Waals surface area (Å²) in [5.74, 6) is 0.688. The Hall–Kier alpha value is -3.02. The molecule has 2 N–H and O–H groups in total. The third-order valence-electron chi connectivity index (χ3n) is 4.04. The third kappa shape index (κ3) is 4.29. The minimum absolute atomic E-state index is 0.212. The van der Waals surface area contributed by atoms with E-state index < -0.39 is 0 Å². The molecule has 2 amide bonds. The lowest BCUT2D eigenvalue weighted by molar-refractivity contribution is -0.126. The maximum atomic E-state index is 12.0. The van der Waals surface area contributed by atoms with Crippen LogP contribution in [0, 0.1) is 13.8 Å². The maximum absolute atomic E-state index is 12.0. The number of aryl methyl sites for hydroxylation is 2.